The molecule has 3 aromatic rings. The molecule has 1 aliphatic rings. The van der Waals surface area contributed by atoms with Gasteiger partial charge in [0.05, 0.1) is 11.0 Å². The van der Waals surface area contributed by atoms with Crippen LogP contribution in [0.5, 0.6) is 0 Å². The van der Waals surface area contributed by atoms with Crippen LogP contribution in [0.15, 0.2) is 48.5 Å². The number of hydrogen-bond donors (Lipinski definition) is 0. The highest BCUT2D eigenvalue weighted by Crippen LogP contribution is 2.40. The Morgan fingerprint density at radius 2 is 1.95 bits per heavy atom. The Kier molecular flexibility index (Phi) is 2.62. The molecule has 1 aromatic heterocycles. The molecule has 0 aliphatic heterocycles. The van der Waals surface area contributed by atoms with Gasteiger partial charge in [-0.1, -0.05) is 42.0 Å². The zero-order valence-corrected chi connectivity index (χ0v) is 11.7. The van der Waals surface area contributed by atoms with Gasteiger partial charge in [-0.3, -0.25) is 0 Å². The highest BCUT2D eigenvalue weighted by Gasteiger charge is 2.29. The molecule has 0 unspecified atom stereocenters. The summed E-state index contributed by atoms with van der Waals surface area (Å²) in [5.41, 5.74) is 5.06. The molecule has 0 atom stereocenters. The molecule has 100 valence electrons. The molecule has 1 fully saturated rings. The van der Waals surface area contributed by atoms with Crippen LogP contribution in [0, 0.1) is 6.92 Å². The number of rotatable bonds is 3. The first-order valence-electron chi connectivity index (χ1n) is 7.32. The second kappa shape index (κ2) is 4.48. The molecular weight excluding hydrogens is 244 g/mol. The van der Waals surface area contributed by atoms with Crippen LogP contribution in [-0.2, 0) is 6.54 Å². The Balaban J connectivity index is 1.83. The van der Waals surface area contributed by atoms with E-state index in [2.05, 4.69) is 60.0 Å². The normalized spacial score (nSPS) is 14.8. The van der Waals surface area contributed by atoms with Crippen molar-refractivity contribution in [1.82, 2.24) is 9.55 Å². The van der Waals surface area contributed by atoms with Crippen molar-refractivity contribution in [2.24, 2.45) is 0 Å². The van der Waals surface area contributed by atoms with Crippen LogP contribution >= 0.6 is 0 Å². The van der Waals surface area contributed by atoms with Crippen molar-refractivity contribution in [2.45, 2.75) is 32.2 Å². The summed E-state index contributed by atoms with van der Waals surface area (Å²) in [7, 11) is 0. The van der Waals surface area contributed by atoms with E-state index in [4.69, 9.17) is 4.98 Å². The number of imidazole rings is 1. The number of fused-ring (bicyclic) bond motifs is 1. The Bertz CT molecular complexity index is 766. The second-order valence-electron chi connectivity index (χ2n) is 5.81. The monoisotopic (exact) mass is 262 g/mol. The smallest absolute Gasteiger partial charge is 0.113 e. The van der Waals surface area contributed by atoms with E-state index in [1.54, 1.807) is 0 Å². The highest BCUT2D eigenvalue weighted by molar-refractivity contribution is 5.76. The molecule has 0 saturated heterocycles. The van der Waals surface area contributed by atoms with Crippen LogP contribution < -0.4 is 0 Å². The van der Waals surface area contributed by atoms with Gasteiger partial charge in [0.15, 0.2) is 0 Å². The molecule has 2 heteroatoms. The average molecular weight is 262 g/mol. The summed E-state index contributed by atoms with van der Waals surface area (Å²) in [4.78, 5) is 4.86. The van der Waals surface area contributed by atoms with E-state index in [0.29, 0.717) is 5.92 Å². The maximum absolute atomic E-state index is 4.86. The Morgan fingerprint density at radius 3 is 2.75 bits per heavy atom. The lowest BCUT2D eigenvalue weighted by molar-refractivity contribution is 0.746. The minimum atomic E-state index is 0.673. The fourth-order valence-corrected chi connectivity index (χ4v) is 2.91. The Hall–Kier alpha value is -2.09. The van der Waals surface area contributed by atoms with Gasteiger partial charge in [0.25, 0.3) is 0 Å². The van der Waals surface area contributed by atoms with Gasteiger partial charge in [-0.15, -0.1) is 0 Å². The van der Waals surface area contributed by atoms with Crippen LogP contribution in [0.3, 0.4) is 0 Å². The summed E-state index contributed by atoms with van der Waals surface area (Å²) in [6, 6.07) is 17.2. The largest absolute Gasteiger partial charge is 0.323 e. The van der Waals surface area contributed by atoms with Crippen molar-refractivity contribution < 1.29 is 0 Å². The van der Waals surface area contributed by atoms with E-state index in [-0.39, 0.29) is 0 Å². The molecule has 0 radical (unpaired) electrons. The van der Waals surface area contributed by atoms with Gasteiger partial charge < -0.3 is 4.57 Å². The molecule has 2 aromatic carbocycles. The van der Waals surface area contributed by atoms with Gasteiger partial charge in [0, 0.05) is 12.5 Å². The van der Waals surface area contributed by atoms with Crippen molar-refractivity contribution in [1.29, 1.82) is 0 Å². The summed E-state index contributed by atoms with van der Waals surface area (Å²) in [5.74, 6) is 1.94. The molecule has 4 rings (SSSR count). The molecule has 0 N–H and O–H groups in total. The molecule has 1 aliphatic carbocycles. The van der Waals surface area contributed by atoms with E-state index in [0.717, 1.165) is 12.1 Å². The van der Waals surface area contributed by atoms with Gasteiger partial charge >= 0.3 is 0 Å². The highest BCUT2D eigenvalue weighted by atomic mass is 15.1. The SMILES string of the molecule is Cc1cccc(Cn2c(C3CC3)nc3ccccc32)c1. The van der Waals surface area contributed by atoms with Gasteiger partial charge in [-0.2, -0.15) is 0 Å². The minimum Gasteiger partial charge on any atom is -0.323 e. The predicted octanol–water partition coefficient (Wildman–Crippen LogP) is 4.27. The number of hydrogen-bond acceptors (Lipinski definition) is 1. The lowest BCUT2D eigenvalue weighted by Crippen LogP contribution is -2.04. The summed E-state index contributed by atoms with van der Waals surface area (Å²) < 4.78 is 2.40. The lowest BCUT2D eigenvalue weighted by atomic mass is 10.1. The van der Waals surface area contributed by atoms with Crippen LogP contribution in [0.4, 0.5) is 0 Å². The summed E-state index contributed by atoms with van der Waals surface area (Å²) in [6.45, 7) is 3.07. The Labute approximate surface area is 119 Å². The number of benzene rings is 2. The third-order valence-electron chi connectivity index (χ3n) is 4.05. The number of aromatic nitrogens is 2. The maximum Gasteiger partial charge on any atom is 0.113 e. The first-order chi connectivity index (χ1) is 9.81. The Morgan fingerprint density at radius 1 is 1.10 bits per heavy atom. The third kappa shape index (κ3) is 2.01. The zero-order chi connectivity index (χ0) is 13.5. The fraction of sp³-hybridized carbons (Fsp3) is 0.278. The molecule has 0 spiro atoms. The van der Waals surface area contributed by atoms with E-state index in [1.165, 1.54) is 35.3 Å². The molecule has 1 heterocycles. The topological polar surface area (TPSA) is 17.8 Å². The van der Waals surface area contributed by atoms with Gasteiger partial charge in [0.2, 0.25) is 0 Å². The summed E-state index contributed by atoms with van der Waals surface area (Å²) in [5, 5.41) is 0. The average Bonchev–Trinajstić information content (AvgIpc) is 3.23. The quantitative estimate of drug-likeness (QED) is 0.689. The standard InChI is InChI=1S/C18H18N2/c1-13-5-4-6-14(11-13)12-20-17-8-3-2-7-16(17)19-18(20)15-9-10-15/h2-8,11,15H,9-10,12H2,1H3. The van der Waals surface area contributed by atoms with Crippen molar-refractivity contribution in [2.75, 3.05) is 0 Å². The van der Waals surface area contributed by atoms with E-state index in [9.17, 15) is 0 Å². The van der Waals surface area contributed by atoms with Gasteiger partial charge in [0.1, 0.15) is 5.82 Å². The first kappa shape index (κ1) is 11.7. The van der Waals surface area contributed by atoms with Crippen molar-refractivity contribution >= 4 is 11.0 Å². The summed E-state index contributed by atoms with van der Waals surface area (Å²) in [6.07, 6.45) is 2.58. The van der Waals surface area contributed by atoms with Crippen molar-refractivity contribution in [3.8, 4) is 0 Å². The van der Waals surface area contributed by atoms with Crippen molar-refractivity contribution in [3.63, 3.8) is 0 Å². The van der Waals surface area contributed by atoms with Crippen LogP contribution in [0.1, 0.15) is 35.7 Å². The summed E-state index contributed by atoms with van der Waals surface area (Å²) >= 11 is 0. The molecule has 2 nitrogen and oxygen atoms in total. The minimum absolute atomic E-state index is 0.673. The number of aryl methyl sites for hydroxylation is 1. The molecular formula is C18H18N2. The molecule has 20 heavy (non-hydrogen) atoms. The molecule has 0 bridgehead atoms. The molecule has 0 amide bonds. The van der Waals surface area contributed by atoms with E-state index in [1.807, 2.05) is 0 Å². The van der Waals surface area contributed by atoms with Crippen LogP contribution in [0.2, 0.25) is 0 Å². The van der Waals surface area contributed by atoms with Gasteiger partial charge in [-0.25, -0.2) is 4.98 Å². The van der Waals surface area contributed by atoms with E-state index < -0.39 is 0 Å². The zero-order valence-electron chi connectivity index (χ0n) is 11.7. The number of para-hydroxylation sites is 2. The maximum atomic E-state index is 4.86. The molecule has 1 saturated carbocycles. The first-order valence-corrected chi connectivity index (χ1v) is 7.32. The van der Waals surface area contributed by atoms with Crippen LogP contribution in [-0.4, -0.2) is 9.55 Å². The van der Waals surface area contributed by atoms with Crippen molar-refractivity contribution in [3.05, 3.63) is 65.5 Å². The van der Waals surface area contributed by atoms with Crippen LogP contribution in [0.25, 0.3) is 11.0 Å². The van der Waals surface area contributed by atoms with E-state index >= 15 is 0 Å². The third-order valence-corrected chi connectivity index (χ3v) is 4.05. The fourth-order valence-electron chi connectivity index (χ4n) is 2.91. The lowest BCUT2D eigenvalue weighted by Gasteiger charge is -2.09. The number of nitrogens with zero attached hydrogens (tertiary/aromatic N) is 2. The second-order valence-corrected chi connectivity index (χ2v) is 5.81. The predicted molar refractivity (Wildman–Crippen MR) is 82.0 cm³/mol. The van der Waals surface area contributed by atoms with Gasteiger partial charge in [-0.05, 0) is 37.5 Å².